The van der Waals surface area contributed by atoms with Gasteiger partial charge < -0.3 is 9.64 Å². The molecule has 21 heavy (non-hydrogen) atoms. The Kier molecular flexibility index (Phi) is 4.74. The number of rotatable bonds is 5. The molecular formula is C16H13N3O2. The van der Waals surface area contributed by atoms with Gasteiger partial charge in [0.1, 0.15) is 18.8 Å². The second-order valence-electron chi connectivity index (χ2n) is 4.36. The summed E-state index contributed by atoms with van der Waals surface area (Å²) in [5.41, 5.74) is 0. The second-order valence-corrected chi connectivity index (χ2v) is 4.36. The molecular weight excluding hydrogens is 266 g/mol. The van der Waals surface area contributed by atoms with Crippen LogP contribution in [0.2, 0.25) is 0 Å². The molecule has 104 valence electrons. The summed E-state index contributed by atoms with van der Waals surface area (Å²) in [6, 6.07) is 17.1. The average Bonchev–Trinajstić information content (AvgIpc) is 2.52. The second kappa shape index (κ2) is 6.93. The first kappa shape index (κ1) is 14.4. The summed E-state index contributed by atoms with van der Waals surface area (Å²) in [4.78, 5) is 13.0. The molecule has 0 N–H and O–H groups in total. The quantitative estimate of drug-likeness (QED) is 0.785. The van der Waals surface area contributed by atoms with Crippen LogP contribution in [0.25, 0.3) is 10.8 Å². The predicted molar refractivity (Wildman–Crippen MR) is 77.2 cm³/mol. The zero-order chi connectivity index (χ0) is 15.1. The first-order valence-corrected chi connectivity index (χ1v) is 6.38. The van der Waals surface area contributed by atoms with E-state index in [2.05, 4.69) is 0 Å². The fourth-order valence-electron chi connectivity index (χ4n) is 1.90. The third-order valence-corrected chi connectivity index (χ3v) is 2.96. The van der Waals surface area contributed by atoms with E-state index in [0.717, 1.165) is 15.7 Å². The number of benzene rings is 2. The van der Waals surface area contributed by atoms with Crippen molar-refractivity contribution in [1.82, 2.24) is 4.90 Å². The Morgan fingerprint density at radius 2 is 1.71 bits per heavy atom. The van der Waals surface area contributed by atoms with Gasteiger partial charge in [-0.2, -0.15) is 10.5 Å². The number of nitrogens with zero attached hydrogens (tertiary/aromatic N) is 3. The smallest absolute Gasteiger partial charge is 0.262 e. The first-order valence-electron chi connectivity index (χ1n) is 6.38. The van der Waals surface area contributed by atoms with E-state index in [4.69, 9.17) is 15.3 Å². The van der Waals surface area contributed by atoms with Crippen LogP contribution in [0, 0.1) is 22.7 Å². The number of fused-ring (bicyclic) bond motifs is 1. The average molecular weight is 279 g/mol. The Hall–Kier alpha value is -3.05. The maximum absolute atomic E-state index is 11.9. The highest BCUT2D eigenvalue weighted by Crippen LogP contribution is 2.20. The third-order valence-electron chi connectivity index (χ3n) is 2.96. The van der Waals surface area contributed by atoms with Crippen molar-refractivity contribution in [3.63, 3.8) is 0 Å². The number of ether oxygens (including phenoxy) is 1. The molecule has 0 saturated carbocycles. The largest absolute Gasteiger partial charge is 0.484 e. The van der Waals surface area contributed by atoms with Crippen molar-refractivity contribution in [3.05, 3.63) is 42.5 Å². The highest BCUT2D eigenvalue weighted by Gasteiger charge is 2.13. The zero-order valence-corrected chi connectivity index (χ0v) is 11.3. The first-order chi connectivity index (χ1) is 10.2. The topological polar surface area (TPSA) is 77.1 Å². The maximum Gasteiger partial charge on any atom is 0.262 e. The summed E-state index contributed by atoms with van der Waals surface area (Å²) in [6.45, 7) is -0.428. The lowest BCUT2D eigenvalue weighted by atomic mass is 10.1. The van der Waals surface area contributed by atoms with Crippen LogP contribution in [0.3, 0.4) is 0 Å². The van der Waals surface area contributed by atoms with Crippen LogP contribution in [0.1, 0.15) is 0 Å². The standard InChI is InChI=1S/C16H13N3O2/c17-7-9-19(10-8-18)16(20)12-21-15-6-5-13-3-1-2-4-14(13)11-15/h1-6,11H,9-10,12H2. The Bertz CT molecular complexity index is 712. The van der Waals surface area contributed by atoms with E-state index in [1.54, 1.807) is 6.07 Å². The minimum Gasteiger partial charge on any atom is -0.484 e. The van der Waals surface area contributed by atoms with Gasteiger partial charge >= 0.3 is 0 Å². The Morgan fingerprint density at radius 1 is 1.05 bits per heavy atom. The molecule has 1 amide bonds. The highest BCUT2D eigenvalue weighted by molar-refractivity contribution is 5.84. The molecule has 0 aliphatic carbocycles. The normalized spacial score (nSPS) is 9.62. The molecule has 0 aliphatic rings. The Morgan fingerprint density at radius 3 is 2.38 bits per heavy atom. The van der Waals surface area contributed by atoms with Gasteiger partial charge in [0.25, 0.3) is 5.91 Å². The SMILES string of the molecule is N#CCN(CC#N)C(=O)COc1ccc2ccccc2c1. The van der Waals surface area contributed by atoms with Gasteiger partial charge in [0.05, 0.1) is 12.1 Å². The molecule has 0 unspecified atom stereocenters. The van der Waals surface area contributed by atoms with Gasteiger partial charge in [0.2, 0.25) is 0 Å². The van der Waals surface area contributed by atoms with Crippen LogP contribution in [0.4, 0.5) is 0 Å². The lowest BCUT2D eigenvalue weighted by Crippen LogP contribution is -2.35. The number of hydrogen-bond donors (Lipinski definition) is 0. The molecule has 5 heteroatoms. The molecule has 2 aromatic carbocycles. The van der Waals surface area contributed by atoms with Crippen LogP contribution in [-0.2, 0) is 4.79 Å². The summed E-state index contributed by atoms with van der Waals surface area (Å²) in [5, 5.41) is 19.4. The van der Waals surface area contributed by atoms with Crippen molar-refractivity contribution >= 4 is 16.7 Å². The van der Waals surface area contributed by atoms with Gasteiger partial charge in [-0.3, -0.25) is 4.79 Å². The van der Waals surface area contributed by atoms with Crippen molar-refractivity contribution in [3.8, 4) is 17.9 Å². The molecule has 0 saturated heterocycles. The van der Waals surface area contributed by atoms with E-state index in [1.165, 1.54) is 0 Å². The number of carbonyl (C=O) groups is 1. The fraction of sp³-hybridized carbons (Fsp3) is 0.188. The van der Waals surface area contributed by atoms with E-state index >= 15 is 0 Å². The lowest BCUT2D eigenvalue weighted by Gasteiger charge is -2.16. The molecule has 0 radical (unpaired) electrons. The van der Waals surface area contributed by atoms with Crippen molar-refractivity contribution < 1.29 is 9.53 Å². The molecule has 0 fully saturated rings. The van der Waals surface area contributed by atoms with Gasteiger partial charge in [-0.05, 0) is 22.9 Å². The van der Waals surface area contributed by atoms with Gasteiger partial charge in [-0.15, -0.1) is 0 Å². The lowest BCUT2D eigenvalue weighted by molar-refractivity contribution is -0.132. The monoisotopic (exact) mass is 279 g/mol. The zero-order valence-electron chi connectivity index (χ0n) is 11.3. The van der Waals surface area contributed by atoms with Crippen molar-refractivity contribution in [1.29, 1.82) is 10.5 Å². The van der Waals surface area contributed by atoms with Crippen molar-refractivity contribution in [2.24, 2.45) is 0 Å². The van der Waals surface area contributed by atoms with E-state index in [-0.39, 0.29) is 25.6 Å². The van der Waals surface area contributed by atoms with Crippen LogP contribution in [-0.4, -0.2) is 30.5 Å². The number of hydrogen-bond acceptors (Lipinski definition) is 4. The maximum atomic E-state index is 11.9. The van der Waals surface area contributed by atoms with Crippen LogP contribution in [0.5, 0.6) is 5.75 Å². The van der Waals surface area contributed by atoms with Gasteiger partial charge in [-0.1, -0.05) is 30.3 Å². The Labute approximate surface area is 122 Å². The van der Waals surface area contributed by atoms with Crippen LogP contribution in [0.15, 0.2) is 42.5 Å². The van der Waals surface area contributed by atoms with Crippen molar-refractivity contribution in [2.75, 3.05) is 19.7 Å². The number of nitriles is 2. The minimum atomic E-state index is -0.383. The van der Waals surface area contributed by atoms with Crippen LogP contribution >= 0.6 is 0 Å². The summed E-state index contributed by atoms with van der Waals surface area (Å²) >= 11 is 0. The summed E-state index contributed by atoms with van der Waals surface area (Å²) in [7, 11) is 0. The molecule has 0 spiro atoms. The van der Waals surface area contributed by atoms with Gasteiger partial charge in [0, 0.05) is 0 Å². The summed E-state index contributed by atoms with van der Waals surface area (Å²) < 4.78 is 5.44. The molecule has 0 bridgehead atoms. The number of carbonyl (C=O) groups excluding carboxylic acids is 1. The van der Waals surface area contributed by atoms with E-state index in [9.17, 15) is 4.79 Å². The van der Waals surface area contributed by atoms with E-state index < -0.39 is 0 Å². The molecule has 2 rings (SSSR count). The molecule has 0 aliphatic heterocycles. The molecule has 0 aromatic heterocycles. The van der Waals surface area contributed by atoms with Crippen molar-refractivity contribution in [2.45, 2.75) is 0 Å². The molecule has 0 atom stereocenters. The van der Waals surface area contributed by atoms with E-state index in [1.807, 2.05) is 48.5 Å². The van der Waals surface area contributed by atoms with E-state index in [0.29, 0.717) is 5.75 Å². The summed E-state index contributed by atoms with van der Waals surface area (Å²) in [6.07, 6.45) is 0. The highest BCUT2D eigenvalue weighted by atomic mass is 16.5. The third kappa shape index (κ3) is 3.71. The Balaban J connectivity index is 2.02. The molecule has 2 aromatic rings. The molecule has 0 heterocycles. The summed E-state index contributed by atoms with van der Waals surface area (Å²) in [5.74, 6) is 0.196. The minimum absolute atomic E-state index is 0.118. The van der Waals surface area contributed by atoms with Gasteiger partial charge in [-0.25, -0.2) is 0 Å². The van der Waals surface area contributed by atoms with Gasteiger partial charge in [0.15, 0.2) is 6.61 Å². The molecule has 5 nitrogen and oxygen atoms in total. The number of amides is 1. The fourth-order valence-corrected chi connectivity index (χ4v) is 1.90. The van der Waals surface area contributed by atoms with Crippen LogP contribution < -0.4 is 4.74 Å². The predicted octanol–water partition coefficient (Wildman–Crippen LogP) is 2.09.